The number of hydrogen-bond acceptors (Lipinski definition) is 2. The van der Waals surface area contributed by atoms with E-state index in [1.165, 1.54) is 12.8 Å². The van der Waals surface area contributed by atoms with Gasteiger partial charge in [-0.25, -0.2) is 4.98 Å². The van der Waals surface area contributed by atoms with E-state index in [4.69, 9.17) is 34.8 Å². The fourth-order valence-electron chi connectivity index (χ4n) is 3.07. The first-order valence-electron chi connectivity index (χ1n) is 7.20. The molecule has 0 bridgehead atoms. The number of alkyl halides is 1. The number of rotatable bonds is 4. The molecule has 0 spiro atoms. The van der Waals surface area contributed by atoms with Crippen LogP contribution in [0.2, 0.25) is 10.0 Å². The van der Waals surface area contributed by atoms with E-state index in [0.29, 0.717) is 22.0 Å². The fraction of sp³-hybridized carbons (Fsp3) is 0.533. The minimum absolute atomic E-state index is 0.546. The summed E-state index contributed by atoms with van der Waals surface area (Å²) < 4.78 is 2.26. The zero-order valence-corrected chi connectivity index (χ0v) is 14.2. The lowest BCUT2D eigenvalue weighted by Gasteiger charge is -2.21. The SMILES string of the molecule is CN1CCCC1Cn1c(CCCl)nc2cc(Cl)c(Cl)cc21. The van der Waals surface area contributed by atoms with Crippen LogP contribution in [0.1, 0.15) is 18.7 Å². The summed E-state index contributed by atoms with van der Waals surface area (Å²) in [5.74, 6) is 1.57. The summed E-state index contributed by atoms with van der Waals surface area (Å²) in [7, 11) is 2.18. The molecule has 3 nitrogen and oxygen atoms in total. The van der Waals surface area contributed by atoms with Crippen molar-refractivity contribution in [2.24, 2.45) is 0 Å². The molecule has 0 N–H and O–H groups in total. The highest BCUT2D eigenvalue weighted by molar-refractivity contribution is 6.42. The number of benzene rings is 1. The Hall–Kier alpha value is -0.480. The number of aromatic nitrogens is 2. The molecule has 6 heteroatoms. The first kappa shape index (κ1) is 15.4. The maximum Gasteiger partial charge on any atom is 0.111 e. The minimum Gasteiger partial charge on any atom is -0.326 e. The summed E-state index contributed by atoms with van der Waals surface area (Å²) in [4.78, 5) is 7.10. The summed E-state index contributed by atoms with van der Waals surface area (Å²) in [6.45, 7) is 2.09. The summed E-state index contributed by atoms with van der Waals surface area (Å²) >= 11 is 18.2. The zero-order chi connectivity index (χ0) is 15.0. The van der Waals surface area contributed by atoms with Crippen molar-refractivity contribution in [2.45, 2.75) is 31.8 Å². The van der Waals surface area contributed by atoms with Crippen LogP contribution >= 0.6 is 34.8 Å². The topological polar surface area (TPSA) is 21.1 Å². The van der Waals surface area contributed by atoms with Gasteiger partial charge in [0.05, 0.1) is 21.1 Å². The number of hydrogen-bond donors (Lipinski definition) is 0. The van der Waals surface area contributed by atoms with Gasteiger partial charge in [0.15, 0.2) is 0 Å². The number of nitrogens with zero attached hydrogens (tertiary/aromatic N) is 3. The molecule has 1 fully saturated rings. The van der Waals surface area contributed by atoms with Crippen LogP contribution in [0.4, 0.5) is 0 Å². The molecular weight excluding hydrogens is 329 g/mol. The molecule has 2 aromatic rings. The van der Waals surface area contributed by atoms with E-state index in [2.05, 4.69) is 21.5 Å². The summed E-state index contributed by atoms with van der Waals surface area (Å²) in [5.41, 5.74) is 1.94. The van der Waals surface area contributed by atoms with E-state index >= 15 is 0 Å². The molecule has 1 aromatic heterocycles. The Morgan fingerprint density at radius 1 is 1.29 bits per heavy atom. The van der Waals surface area contributed by atoms with Gasteiger partial charge in [-0.15, -0.1) is 11.6 Å². The number of likely N-dealkylation sites (N-methyl/N-ethyl adjacent to an activating group) is 1. The lowest BCUT2D eigenvalue weighted by Crippen LogP contribution is -2.30. The Morgan fingerprint density at radius 2 is 2.05 bits per heavy atom. The highest BCUT2D eigenvalue weighted by Crippen LogP contribution is 2.29. The molecule has 0 saturated carbocycles. The quantitative estimate of drug-likeness (QED) is 0.773. The Morgan fingerprint density at radius 3 is 2.71 bits per heavy atom. The van der Waals surface area contributed by atoms with Crippen LogP contribution in [0, 0.1) is 0 Å². The van der Waals surface area contributed by atoms with Gasteiger partial charge in [0, 0.05) is 24.9 Å². The van der Waals surface area contributed by atoms with Crippen molar-refractivity contribution in [1.82, 2.24) is 14.5 Å². The van der Waals surface area contributed by atoms with E-state index in [9.17, 15) is 0 Å². The van der Waals surface area contributed by atoms with Crippen molar-refractivity contribution in [2.75, 3.05) is 19.5 Å². The van der Waals surface area contributed by atoms with Gasteiger partial charge in [-0.05, 0) is 38.6 Å². The number of fused-ring (bicyclic) bond motifs is 1. The molecule has 0 amide bonds. The Balaban J connectivity index is 2.04. The van der Waals surface area contributed by atoms with Gasteiger partial charge in [0.1, 0.15) is 5.82 Å². The van der Waals surface area contributed by atoms with Crippen LogP contribution in [-0.4, -0.2) is 40.0 Å². The fourth-order valence-corrected chi connectivity index (χ4v) is 3.55. The van der Waals surface area contributed by atoms with Crippen molar-refractivity contribution in [3.63, 3.8) is 0 Å². The monoisotopic (exact) mass is 345 g/mol. The van der Waals surface area contributed by atoms with Gasteiger partial charge in [-0.1, -0.05) is 23.2 Å². The molecule has 1 saturated heterocycles. The normalized spacial score (nSPS) is 19.7. The molecule has 0 aliphatic carbocycles. The van der Waals surface area contributed by atoms with E-state index in [1.54, 1.807) is 0 Å². The highest BCUT2D eigenvalue weighted by atomic mass is 35.5. The summed E-state index contributed by atoms with van der Waals surface area (Å²) in [6.07, 6.45) is 3.23. The third kappa shape index (κ3) is 3.02. The predicted octanol–water partition coefficient (Wildman–Crippen LogP) is 4.22. The third-order valence-corrected chi connectivity index (χ3v) is 5.16. The predicted molar refractivity (Wildman–Crippen MR) is 89.8 cm³/mol. The molecule has 1 unspecified atom stereocenters. The maximum atomic E-state index is 6.18. The van der Waals surface area contributed by atoms with Gasteiger partial charge in [-0.2, -0.15) is 0 Å². The molecular formula is C15H18Cl3N3. The van der Waals surface area contributed by atoms with E-state index < -0.39 is 0 Å². The Bertz CT molecular complexity index is 653. The first-order chi connectivity index (χ1) is 10.1. The lowest BCUT2D eigenvalue weighted by molar-refractivity contribution is 0.282. The van der Waals surface area contributed by atoms with Crippen molar-refractivity contribution < 1.29 is 0 Å². The molecule has 21 heavy (non-hydrogen) atoms. The van der Waals surface area contributed by atoms with Crippen LogP contribution in [0.3, 0.4) is 0 Å². The lowest BCUT2D eigenvalue weighted by atomic mass is 10.2. The van der Waals surface area contributed by atoms with Crippen LogP contribution < -0.4 is 0 Å². The van der Waals surface area contributed by atoms with Crippen LogP contribution in [0.15, 0.2) is 12.1 Å². The summed E-state index contributed by atoms with van der Waals surface area (Å²) in [5, 5.41) is 1.12. The zero-order valence-electron chi connectivity index (χ0n) is 12.0. The molecule has 1 aromatic carbocycles. The average Bonchev–Trinajstić information content (AvgIpc) is 2.98. The number of halogens is 3. The number of likely N-dealkylation sites (tertiary alicyclic amines) is 1. The second-order valence-corrected chi connectivity index (χ2v) is 6.80. The largest absolute Gasteiger partial charge is 0.326 e. The van der Waals surface area contributed by atoms with Gasteiger partial charge in [0.2, 0.25) is 0 Å². The summed E-state index contributed by atoms with van der Waals surface area (Å²) in [6, 6.07) is 4.30. The second kappa shape index (κ2) is 6.33. The van der Waals surface area contributed by atoms with Crippen molar-refractivity contribution in [3.05, 3.63) is 28.0 Å². The van der Waals surface area contributed by atoms with Crippen LogP contribution in [-0.2, 0) is 13.0 Å². The molecule has 1 aliphatic rings. The maximum absolute atomic E-state index is 6.18. The van der Waals surface area contributed by atoms with E-state index in [-0.39, 0.29) is 0 Å². The standard InChI is InChI=1S/C15H18Cl3N3/c1-20-6-2-3-10(20)9-21-14-8-12(18)11(17)7-13(14)19-15(21)4-5-16/h7-8,10H,2-6,9H2,1H3. The van der Waals surface area contributed by atoms with Crippen LogP contribution in [0.25, 0.3) is 11.0 Å². The van der Waals surface area contributed by atoms with Gasteiger partial charge in [0.25, 0.3) is 0 Å². The first-order valence-corrected chi connectivity index (χ1v) is 8.49. The molecule has 0 radical (unpaired) electrons. The minimum atomic E-state index is 0.546. The molecule has 1 aliphatic heterocycles. The molecule has 114 valence electrons. The average molecular weight is 347 g/mol. The number of aryl methyl sites for hydroxylation is 1. The highest BCUT2D eigenvalue weighted by Gasteiger charge is 2.23. The van der Waals surface area contributed by atoms with Crippen LogP contribution in [0.5, 0.6) is 0 Å². The molecule has 3 rings (SSSR count). The van der Waals surface area contributed by atoms with E-state index in [0.717, 1.165) is 36.4 Å². The third-order valence-electron chi connectivity index (χ3n) is 4.25. The van der Waals surface area contributed by atoms with E-state index in [1.807, 2.05) is 12.1 Å². The van der Waals surface area contributed by atoms with Gasteiger partial charge >= 0.3 is 0 Å². The number of imidazole rings is 1. The molecule has 1 atom stereocenters. The smallest absolute Gasteiger partial charge is 0.111 e. The Kier molecular flexibility index (Phi) is 4.65. The Labute approximate surface area is 139 Å². The second-order valence-electron chi connectivity index (χ2n) is 5.61. The van der Waals surface area contributed by atoms with Gasteiger partial charge < -0.3 is 9.47 Å². The van der Waals surface area contributed by atoms with Crippen molar-refractivity contribution in [1.29, 1.82) is 0 Å². The van der Waals surface area contributed by atoms with Crippen molar-refractivity contribution >= 4 is 45.8 Å². The van der Waals surface area contributed by atoms with Gasteiger partial charge in [-0.3, -0.25) is 0 Å². The molecule has 2 heterocycles. The van der Waals surface area contributed by atoms with Crippen molar-refractivity contribution in [3.8, 4) is 0 Å².